The van der Waals surface area contributed by atoms with Crippen LogP contribution in [0.2, 0.25) is 0 Å². The van der Waals surface area contributed by atoms with E-state index in [0.717, 1.165) is 5.76 Å². The van der Waals surface area contributed by atoms with Crippen LogP contribution in [0.1, 0.15) is 11.5 Å². The summed E-state index contributed by atoms with van der Waals surface area (Å²) in [5.41, 5.74) is 1.85. The van der Waals surface area contributed by atoms with Crippen LogP contribution in [0.25, 0.3) is 0 Å². The Balaban J connectivity index is 2.22. The molecule has 0 saturated heterocycles. The molecule has 2 aromatic heterocycles. The average molecular weight is 264 g/mol. The molecule has 19 heavy (non-hydrogen) atoms. The summed E-state index contributed by atoms with van der Waals surface area (Å²) in [6, 6.07) is 3.58. The van der Waals surface area contributed by atoms with Gasteiger partial charge in [-0.3, -0.25) is 10.1 Å². The number of hydrogen-bond acceptors (Lipinski definition) is 8. The topological polar surface area (TPSA) is 132 Å². The van der Waals surface area contributed by atoms with Gasteiger partial charge < -0.3 is 15.2 Å². The Kier molecular flexibility index (Phi) is 3.57. The first-order chi connectivity index (χ1) is 9.11. The van der Waals surface area contributed by atoms with Gasteiger partial charge in [0.1, 0.15) is 17.8 Å². The molecule has 0 aliphatic rings. The second kappa shape index (κ2) is 5.31. The zero-order valence-electron chi connectivity index (χ0n) is 10.1. The van der Waals surface area contributed by atoms with E-state index in [1.165, 1.54) is 6.33 Å². The number of nitrogen functional groups attached to an aromatic ring is 1. The van der Waals surface area contributed by atoms with E-state index in [4.69, 9.17) is 10.3 Å². The van der Waals surface area contributed by atoms with Gasteiger partial charge in [-0.2, -0.15) is 0 Å². The van der Waals surface area contributed by atoms with Gasteiger partial charge in [0.15, 0.2) is 0 Å². The predicted octanol–water partition coefficient (Wildman–Crippen LogP) is 1.18. The lowest BCUT2D eigenvalue weighted by Crippen LogP contribution is -2.13. The Morgan fingerprint density at radius 3 is 2.74 bits per heavy atom. The molecule has 9 nitrogen and oxygen atoms in total. The van der Waals surface area contributed by atoms with Crippen molar-refractivity contribution in [3.05, 3.63) is 40.1 Å². The second-order valence-electron chi connectivity index (χ2n) is 3.69. The Morgan fingerprint density at radius 1 is 1.42 bits per heavy atom. The minimum atomic E-state index is -0.606. The lowest BCUT2D eigenvalue weighted by molar-refractivity contribution is -0.383. The summed E-state index contributed by atoms with van der Waals surface area (Å²) in [5.74, 6) is 6.60. The smallest absolute Gasteiger partial charge is 0.354 e. The molecule has 0 radical (unpaired) electrons. The zero-order valence-corrected chi connectivity index (χ0v) is 10.1. The Morgan fingerprint density at radius 2 is 2.16 bits per heavy atom. The van der Waals surface area contributed by atoms with Gasteiger partial charge >= 0.3 is 5.69 Å². The lowest BCUT2D eigenvalue weighted by atomic mass is 10.4. The van der Waals surface area contributed by atoms with Crippen LogP contribution in [-0.4, -0.2) is 14.9 Å². The molecule has 0 aromatic carbocycles. The van der Waals surface area contributed by atoms with E-state index in [9.17, 15) is 10.1 Å². The van der Waals surface area contributed by atoms with Gasteiger partial charge in [-0.15, -0.1) is 0 Å². The number of aryl methyl sites for hydroxylation is 1. The highest BCUT2D eigenvalue weighted by Gasteiger charge is 2.22. The van der Waals surface area contributed by atoms with Crippen molar-refractivity contribution in [2.24, 2.45) is 5.84 Å². The van der Waals surface area contributed by atoms with Crippen molar-refractivity contribution in [3.63, 3.8) is 0 Å². The van der Waals surface area contributed by atoms with Crippen LogP contribution in [0.4, 0.5) is 17.3 Å². The SMILES string of the molecule is Cc1ccc(CNc2ncnc(NN)c2[N+](=O)[O-])o1. The molecule has 2 rings (SSSR count). The number of nitrogens with two attached hydrogens (primary N) is 1. The minimum absolute atomic E-state index is 0.0573. The third-order valence-electron chi connectivity index (χ3n) is 2.37. The molecule has 2 aromatic rings. The van der Waals surface area contributed by atoms with E-state index in [-0.39, 0.29) is 23.9 Å². The van der Waals surface area contributed by atoms with E-state index in [0.29, 0.717) is 5.76 Å². The average Bonchev–Trinajstić information content (AvgIpc) is 2.81. The second-order valence-corrected chi connectivity index (χ2v) is 3.69. The normalized spacial score (nSPS) is 10.2. The van der Waals surface area contributed by atoms with Crippen LogP contribution in [0.5, 0.6) is 0 Å². The van der Waals surface area contributed by atoms with Crippen LogP contribution in [-0.2, 0) is 6.54 Å². The van der Waals surface area contributed by atoms with Crippen molar-refractivity contribution in [1.82, 2.24) is 9.97 Å². The van der Waals surface area contributed by atoms with Gasteiger partial charge in [0.05, 0.1) is 11.5 Å². The van der Waals surface area contributed by atoms with Crippen molar-refractivity contribution in [2.45, 2.75) is 13.5 Å². The number of hydrazine groups is 1. The summed E-state index contributed by atoms with van der Waals surface area (Å²) >= 11 is 0. The van der Waals surface area contributed by atoms with E-state index in [1.54, 1.807) is 12.1 Å². The summed E-state index contributed by atoms with van der Waals surface area (Å²) in [6.07, 6.45) is 1.18. The Labute approximate surface area is 108 Å². The van der Waals surface area contributed by atoms with Crippen molar-refractivity contribution in [3.8, 4) is 0 Å². The van der Waals surface area contributed by atoms with Gasteiger partial charge in [0.25, 0.3) is 0 Å². The zero-order chi connectivity index (χ0) is 13.8. The molecule has 0 aliphatic heterocycles. The van der Waals surface area contributed by atoms with Crippen LogP contribution in [0, 0.1) is 17.0 Å². The Bertz CT molecular complexity index is 597. The quantitative estimate of drug-likeness (QED) is 0.416. The summed E-state index contributed by atoms with van der Waals surface area (Å²) in [7, 11) is 0. The van der Waals surface area contributed by atoms with Crippen molar-refractivity contribution in [1.29, 1.82) is 0 Å². The summed E-state index contributed by atoms with van der Waals surface area (Å²) in [5, 5.41) is 13.8. The predicted molar refractivity (Wildman–Crippen MR) is 67.3 cm³/mol. The summed E-state index contributed by atoms with van der Waals surface area (Å²) < 4.78 is 5.35. The third-order valence-corrected chi connectivity index (χ3v) is 2.37. The van der Waals surface area contributed by atoms with Crippen molar-refractivity contribution >= 4 is 17.3 Å². The molecule has 0 saturated carbocycles. The van der Waals surface area contributed by atoms with Gasteiger partial charge in [-0.1, -0.05) is 0 Å². The highest BCUT2D eigenvalue weighted by molar-refractivity contribution is 5.68. The van der Waals surface area contributed by atoms with Gasteiger partial charge in [-0.05, 0) is 19.1 Å². The molecule has 9 heteroatoms. The summed E-state index contributed by atoms with van der Waals surface area (Å²) in [6.45, 7) is 2.09. The number of furan rings is 1. The molecule has 4 N–H and O–H groups in total. The minimum Gasteiger partial charge on any atom is -0.465 e. The number of nitrogens with zero attached hydrogens (tertiary/aromatic N) is 3. The maximum atomic E-state index is 11.0. The van der Waals surface area contributed by atoms with Crippen molar-refractivity contribution < 1.29 is 9.34 Å². The van der Waals surface area contributed by atoms with Gasteiger partial charge in [0, 0.05) is 0 Å². The number of hydrogen-bond donors (Lipinski definition) is 3. The van der Waals surface area contributed by atoms with Crippen molar-refractivity contribution in [2.75, 3.05) is 10.7 Å². The molecule has 0 spiro atoms. The number of aromatic nitrogens is 2. The first-order valence-corrected chi connectivity index (χ1v) is 5.37. The fourth-order valence-electron chi connectivity index (χ4n) is 1.54. The standard InChI is InChI=1S/C10H12N6O3/c1-6-2-3-7(19-6)4-12-9-8(16(17)18)10(15-11)14-5-13-9/h2-3,5H,4,11H2,1H3,(H2,12,13,14,15). The van der Waals surface area contributed by atoms with Crippen LogP contribution in [0.3, 0.4) is 0 Å². The molecule has 2 heterocycles. The maximum absolute atomic E-state index is 11.0. The van der Waals surface area contributed by atoms with Gasteiger partial charge in [0.2, 0.25) is 11.6 Å². The fourth-order valence-corrected chi connectivity index (χ4v) is 1.54. The summed E-state index contributed by atoms with van der Waals surface area (Å²) in [4.78, 5) is 17.9. The largest absolute Gasteiger partial charge is 0.465 e. The maximum Gasteiger partial charge on any atom is 0.354 e. The van der Waals surface area contributed by atoms with E-state index < -0.39 is 4.92 Å². The van der Waals surface area contributed by atoms with Crippen LogP contribution in [0.15, 0.2) is 22.9 Å². The van der Waals surface area contributed by atoms with Crippen LogP contribution < -0.4 is 16.6 Å². The number of nitrogens with one attached hydrogen (secondary N) is 2. The Hall–Kier alpha value is -2.68. The monoisotopic (exact) mass is 264 g/mol. The highest BCUT2D eigenvalue weighted by atomic mass is 16.6. The molecule has 0 fully saturated rings. The van der Waals surface area contributed by atoms with Gasteiger partial charge in [-0.25, -0.2) is 15.8 Å². The lowest BCUT2D eigenvalue weighted by Gasteiger charge is -2.06. The molecule has 100 valence electrons. The molecule has 0 bridgehead atoms. The van der Waals surface area contributed by atoms with E-state index in [2.05, 4.69) is 20.7 Å². The number of rotatable bonds is 5. The number of anilines is 2. The third kappa shape index (κ3) is 2.77. The molecule has 0 aliphatic carbocycles. The molecule has 0 unspecified atom stereocenters. The van der Waals surface area contributed by atoms with E-state index >= 15 is 0 Å². The molecular formula is C10H12N6O3. The first kappa shape index (κ1) is 12.8. The van der Waals surface area contributed by atoms with E-state index in [1.807, 2.05) is 6.92 Å². The first-order valence-electron chi connectivity index (χ1n) is 5.37. The number of nitro groups is 1. The molecular weight excluding hydrogens is 252 g/mol. The highest BCUT2D eigenvalue weighted by Crippen LogP contribution is 2.28. The molecule has 0 amide bonds. The van der Waals surface area contributed by atoms with Crippen LogP contribution >= 0.6 is 0 Å². The fraction of sp³-hybridized carbons (Fsp3) is 0.200. The molecule has 0 atom stereocenters.